The minimum atomic E-state index is 0.744. The van der Waals surface area contributed by atoms with E-state index < -0.39 is 0 Å². The molecule has 84 valence electrons. The Bertz CT molecular complexity index is 143. The van der Waals surface area contributed by atoms with Gasteiger partial charge >= 0.3 is 0 Å². The molecule has 0 aromatic carbocycles. The standard InChI is InChI=1S/C12H26N2/c1-4-14(10-12-6-5-7-12)11(2)8-9-13-3/h11-13H,4-10H2,1-3H3. The lowest BCUT2D eigenvalue weighted by atomic mass is 9.85. The molecular formula is C12H26N2. The second kappa shape index (κ2) is 6.41. The highest BCUT2D eigenvalue weighted by Gasteiger charge is 2.22. The van der Waals surface area contributed by atoms with E-state index in [0.29, 0.717) is 0 Å². The second-order valence-electron chi connectivity index (χ2n) is 4.63. The predicted octanol–water partition coefficient (Wildman–Crippen LogP) is 2.11. The average Bonchev–Trinajstić information content (AvgIpc) is 2.13. The average molecular weight is 198 g/mol. The van der Waals surface area contributed by atoms with Crippen molar-refractivity contribution in [3.63, 3.8) is 0 Å². The maximum atomic E-state index is 3.23. The van der Waals surface area contributed by atoms with E-state index >= 15 is 0 Å². The monoisotopic (exact) mass is 198 g/mol. The van der Waals surface area contributed by atoms with Crippen molar-refractivity contribution in [1.82, 2.24) is 10.2 Å². The van der Waals surface area contributed by atoms with Crippen LogP contribution < -0.4 is 5.32 Å². The summed E-state index contributed by atoms with van der Waals surface area (Å²) in [7, 11) is 2.04. The van der Waals surface area contributed by atoms with Crippen molar-refractivity contribution in [2.45, 2.75) is 45.6 Å². The lowest BCUT2D eigenvalue weighted by molar-refractivity contribution is 0.141. The van der Waals surface area contributed by atoms with Gasteiger partial charge in [0.25, 0.3) is 0 Å². The topological polar surface area (TPSA) is 15.3 Å². The van der Waals surface area contributed by atoms with E-state index in [1.54, 1.807) is 0 Å². The van der Waals surface area contributed by atoms with Gasteiger partial charge in [-0.1, -0.05) is 13.3 Å². The van der Waals surface area contributed by atoms with Gasteiger partial charge in [-0.3, -0.25) is 0 Å². The number of nitrogens with zero attached hydrogens (tertiary/aromatic N) is 1. The molecule has 2 heteroatoms. The van der Waals surface area contributed by atoms with Gasteiger partial charge in [0.15, 0.2) is 0 Å². The Hall–Kier alpha value is -0.0800. The fourth-order valence-corrected chi connectivity index (χ4v) is 2.16. The van der Waals surface area contributed by atoms with Crippen LogP contribution in [0.25, 0.3) is 0 Å². The molecular weight excluding hydrogens is 172 g/mol. The third-order valence-electron chi connectivity index (χ3n) is 3.56. The van der Waals surface area contributed by atoms with Crippen molar-refractivity contribution in [1.29, 1.82) is 0 Å². The number of hydrogen-bond donors (Lipinski definition) is 1. The van der Waals surface area contributed by atoms with Crippen LogP contribution in [0.2, 0.25) is 0 Å². The molecule has 0 saturated heterocycles. The largest absolute Gasteiger partial charge is 0.320 e. The van der Waals surface area contributed by atoms with Gasteiger partial charge in [-0.15, -0.1) is 0 Å². The molecule has 0 spiro atoms. The highest BCUT2D eigenvalue weighted by molar-refractivity contribution is 4.76. The molecule has 2 nitrogen and oxygen atoms in total. The van der Waals surface area contributed by atoms with Crippen molar-refractivity contribution in [2.75, 3.05) is 26.7 Å². The van der Waals surface area contributed by atoms with Gasteiger partial charge in [-0.05, 0) is 52.2 Å². The summed E-state index contributed by atoms with van der Waals surface area (Å²) < 4.78 is 0. The van der Waals surface area contributed by atoms with Crippen LogP contribution in [0.1, 0.15) is 39.5 Å². The lowest BCUT2D eigenvalue weighted by Gasteiger charge is -2.35. The first kappa shape index (κ1) is 12.0. The predicted molar refractivity (Wildman–Crippen MR) is 62.6 cm³/mol. The molecule has 0 aromatic heterocycles. The quantitative estimate of drug-likeness (QED) is 0.674. The molecule has 1 saturated carbocycles. The molecule has 14 heavy (non-hydrogen) atoms. The van der Waals surface area contributed by atoms with Crippen LogP contribution in [0.3, 0.4) is 0 Å². The van der Waals surface area contributed by atoms with E-state index in [9.17, 15) is 0 Å². The molecule has 0 heterocycles. The highest BCUT2D eigenvalue weighted by Crippen LogP contribution is 2.27. The molecule has 1 unspecified atom stereocenters. The first-order valence-electron chi connectivity index (χ1n) is 6.16. The molecule has 1 fully saturated rings. The molecule has 1 N–H and O–H groups in total. The summed E-state index contributed by atoms with van der Waals surface area (Å²) in [6, 6.07) is 0.744. The van der Waals surface area contributed by atoms with E-state index in [1.165, 1.54) is 38.8 Å². The van der Waals surface area contributed by atoms with Gasteiger partial charge in [-0.2, -0.15) is 0 Å². The first-order valence-corrected chi connectivity index (χ1v) is 6.16. The zero-order chi connectivity index (χ0) is 10.4. The summed E-state index contributed by atoms with van der Waals surface area (Å²) in [5.74, 6) is 1.01. The summed E-state index contributed by atoms with van der Waals surface area (Å²) in [5.41, 5.74) is 0. The van der Waals surface area contributed by atoms with Crippen LogP contribution in [-0.2, 0) is 0 Å². The molecule has 0 radical (unpaired) electrons. The summed E-state index contributed by atoms with van der Waals surface area (Å²) in [6.45, 7) is 8.33. The second-order valence-corrected chi connectivity index (χ2v) is 4.63. The van der Waals surface area contributed by atoms with Gasteiger partial charge in [0.05, 0.1) is 0 Å². The van der Waals surface area contributed by atoms with Crippen molar-refractivity contribution in [3.8, 4) is 0 Å². The van der Waals surface area contributed by atoms with Gasteiger partial charge < -0.3 is 10.2 Å². The van der Waals surface area contributed by atoms with Gasteiger partial charge in [0.2, 0.25) is 0 Å². The molecule has 1 rings (SSSR count). The molecule has 0 aliphatic heterocycles. The Morgan fingerprint density at radius 2 is 2.14 bits per heavy atom. The van der Waals surface area contributed by atoms with Crippen molar-refractivity contribution in [3.05, 3.63) is 0 Å². The molecule has 0 aromatic rings. The SMILES string of the molecule is CCN(CC1CCC1)C(C)CCNC. The minimum Gasteiger partial charge on any atom is -0.320 e. The van der Waals surface area contributed by atoms with Crippen LogP contribution >= 0.6 is 0 Å². The van der Waals surface area contributed by atoms with Crippen LogP contribution in [0.5, 0.6) is 0 Å². The van der Waals surface area contributed by atoms with E-state index in [2.05, 4.69) is 24.1 Å². The van der Waals surface area contributed by atoms with Crippen LogP contribution in [-0.4, -0.2) is 37.6 Å². The molecule has 0 amide bonds. The minimum absolute atomic E-state index is 0.744. The summed E-state index contributed by atoms with van der Waals surface area (Å²) in [4.78, 5) is 2.64. The molecule has 1 atom stereocenters. The van der Waals surface area contributed by atoms with Gasteiger partial charge in [0.1, 0.15) is 0 Å². The van der Waals surface area contributed by atoms with Crippen molar-refractivity contribution < 1.29 is 0 Å². The van der Waals surface area contributed by atoms with Crippen LogP contribution in [0, 0.1) is 5.92 Å². The fraction of sp³-hybridized carbons (Fsp3) is 1.00. The third-order valence-corrected chi connectivity index (χ3v) is 3.56. The summed E-state index contributed by atoms with van der Waals surface area (Å²) >= 11 is 0. The Labute approximate surface area is 89.1 Å². The third kappa shape index (κ3) is 3.58. The van der Waals surface area contributed by atoms with Crippen molar-refractivity contribution in [2.24, 2.45) is 5.92 Å². The Kier molecular flexibility index (Phi) is 5.49. The van der Waals surface area contributed by atoms with E-state index in [0.717, 1.165) is 18.5 Å². The molecule has 0 bridgehead atoms. The van der Waals surface area contributed by atoms with E-state index in [-0.39, 0.29) is 0 Å². The first-order chi connectivity index (χ1) is 6.77. The number of rotatable bonds is 7. The van der Waals surface area contributed by atoms with Crippen LogP contribution in [0.4, 0.5) is 0 Å². The zero-order valence-electron chi connectivity index (χ0n) is 10.1. The number of hydrogen-bond acceptors (Lipinski definition) is 2. The summed E-state index contributed by atoms with van der Waals surface area (Å²) in [6.07, 6.45) is 5.68. The van der Waals surface area contributed by atoms with E-state index in [1.807, 2.05) is 7.05 Å². The lowest BCUT2D eigenvalue weighted by Crippen LogP contribution is -2.39. The smallest absolute Gasteiger partial charge is 0.00790 e. The zero-order valence-corrected chi connectivity index (χ0v) is 10.1. The maximum Gasteiger partial charge on any atom is 0.00790 e. The normalized spacial score (nSPS) is 19.7. The Morgan fingerprint density at radius 1 is 1.43 bits per heavy atom. The Morgan fingerprint density at radius 3 is 2.57 bits per heavy atom. The molecule has 1 aliphatic carbocycles. The highest BCUT2D eigenvalue weighted by atomic mass is 15.1. The van der Waals surface area contributed by atoms with Crippen molar-refractivity contribution >= 4 is 0 Å². The Balaban J connectivity index is 2.20. The number of nitrogens with one attached hydrogen (secondary N) is 1. The summed E-state index contributed by atoms with van der Waals surface area (Å²) in [5, 5.41) is 3.23. The van der Waals surface area contributed by atoms with Gasteiger partial charge in [0, 0.05) is 12.6 Å². The molecule has 1 aliphatic rings. The van der Waals surface area contributed by atoms with Crippen LogP contribution in [0.15, 0.2) is 0 Å². The fourth-order valence-electron chi connectivity index (χ4n) is 2.16. The van der Waals surface area contributed by atoms with Gasteiger partial charge in [-0.25, -0.2) is 0 Å². The van der Waals surface area contributed by atoms with E-state index in [4.69, 9.17) is 0 Å². The maximum absolute atomic E-state index is 3.23.